The van der Waals surface area contributed by atoms with Crippen LogP contribution < -0.4 is 5.56 Å². The Labute approximate surface area is 134 Å². The van der Waals surface area contributed by atoms with Gasteiger partial charge in [0, 0.05) is 11.1 Å². The van der Waals surface area contributed by atoms with Crippen molar-refractivity contribution in [1.82, 2.24) is 14.7 Å². The minimum Gasteiger partial charge on any atom is -0.461 e. The second-order valence-corrected chi connectivity index (χ2v) is 5.44. The molecule has 0 fully saturated rings. The van der Waals surface area contributed by atoms with E-state index in [0.717, 1.165) is 0 Å². The summed E-state index contributed by atoms with van der Waals surface area (Å²) in [6.45, 7) is 0.249. The predicted octanol–water partition coefficient (Wildman–Crippen LogP) is 3.35. The fourth-order valence-electron chi connectivity index (χ4n) is 2.34. The van der Waals surface area contributed by atoms with E-state index >= 15 is 0 Å². The van der Waals surface area contributed by atoms with Gasteiger partial charge in [-0.2, -0.15) is 0 Å². The highest BCUT2D eigenvalue weighted by Crippen LogP contribution is 2.21. The van der Waals surface area contributed by atoms with Crippen LogP contribution in [-0.4, -0.2) is 14.7 Å². The molecule has 3 heterocycles. The van der Waals surface area contributed by atoms with Crippen LogP contribution in [-0.2, 0) is 6.54 Å². The summed E-state index contributed by atoms with van der Waals surface area (Å²) in [6.07, 6.45) is 3.04. The minimum atomic E-state index is -0.181. The van der Waals surface area contributed by atoms with E-state index in [1.54, 1.807) is 42.7 Å². The highest BCUT2D eigenvalue weighted by atomic mass is 35.5. The molecule has 0 radical (unpaired) electrons. The molecule has 7 heteroatoms. The van der Waals surface area contributed by atoms with Gasteiger partial charge in [-0.15, -0.1) is 0 Å². The maximum atomic E-state index is 12.5. The first-order valence-electron chi connectivity index (χ1n) is 6.85. The monoisotopic (exact) mass is 327 g/mol. The quantitative estimate of drug-likeness (QED) is 0.577. The van der Waals surface area contributed by atoms with Crippen LogP contribution in [0.15, 0.2) is 62.7 Å². The third kappa shape index (κ3) is 2.53. The molecule has 1 aromatic carbocycles. The van der Waals surface area contributed by atoms with Gasteiger partial charge in [0.1, 0.15) is 5.69 Å². The van der Waals surface area contributed by atoms with Crippen LogP contribution in [0.3, 0.4) is 0 Å². The van der Waals surface area contributed by atoms with Crippen molar-refractivity contribution in [2.75, 3.05) is 0 Å². The zero-order valence-corrected chi connectivity index (χ0v) is 12.5. The molecule has 0 bridgehead atoms. The van der Waals surface area contributed by atoms with Crippen molar-refractivity contribution in [3.63, 3.8) is 0 Å². The van der Waals surface area contributed by atoms with Crippen molar-refractivity contribution >= 4 is 22.5 Å². The third-order valence-electron chi connectivity index (χ3n) is 3.44. The van der Waals surface area contributed by atoms with Crippen LogP contribution in [0.1, 0.15) is 5.69 Å². The Balaban J connectivity index is 1.70. The Bertz CT molecular complexity index is 1030. The fraction of sp³-hybridized carbons (Fsp3) is 0.0625. The van der Waals surface area contributed by atoms with Crippen LogP contribution in [0.5, 0.6) is 0 Å². The van der Waals surface area contributed by atoms with Crippen LogP contribution in [0.25, 0.3) is 22.4 Å². The number of furan rings is 1. The average molecular weight is 328 g/mol. The number of nitrogens with zero attached hydrogens (tertiary/aromatic N) is 3. The molecule has 0 spiro atoms. The van der Waals surface area contributed by atoms with Crippen LogP contribution in [0, 0.1) is 0 Å². The molecule has 3 aromatic heterocycles. The second-order valence-electron chi connectivity index (χ2n) is 5.00. The normalized spacial score (nSPS) is 11.2. The van der Waals surface area contributed by atoms with Gasteiger partial charge in [0.2, 0.25) is 5.76 Å². The summed E-state index contributed by atoms with van der Waals surface area (Å²) in [5.41, 5.74) is 1.02. The lowest BCUT2D eigenvalue weighted by Gasteiger charge is -2.04. The van der Waals surface area contributed by atoms with Crippen molar-refractivity contribution < 1.29 is 8.94 Å². The van der Waals surface area contributed by atoms with E-state index < -0.39 is 0 Å². The molecule has 0 N–H and O–H groups in total. The van der Waals surface area contributed by atoms with Crippen LogP contribution >= 0.6 is 11.6 Å². The van der Waals surface area contributed by atoms with E-state index in [1.165, 1.54) is 10.9 Å². The lowest BCUT2D eigenvalue weighted by atomic mass is 10.2. The number of benzene rings is 1. The molecule has 0 saturated carbocycles. The zero-order chi connectivity index (χ0) is 15.8. The summed E-state index contributed by atoms with van der Waals surface area (Å²) < 4.78 is 11.9. The van der Waals surface area contributed by atoms with Crippen molar-refractivity contribution in [3.8, 4) is 11.5 Å². The first-order valence-corrected chi connectivity index (χ1v) is 7.23. The number of aromatic nitrogens is 3. The van der Waals surface area contributed by atoms with Crippen molar-refractivity contribution in [3.05, 3.63) is 70.1 Å². The van der Waals surface area contributed by atoms with Gasteiger partial charge in [-0.3, -0.25) is 9.36 Å². The molecular formula is C16H10ClN3O3. The average Bonchev–Trinajstić information content (AvgIpc) is 3.22. The summed E-state index contributed by atoms with van der Waals surface area (Å²) in [7, 11) is 0. The summed E-state index contributed by atoms with van der Waals surface area (Å²) in [5.74, 6) is 1.09. The molecule has 4 aromatic rings. The maximum Gasteiger partial charge on any atom is 0.261 e. The second kappa shape index (κ2) is 5.40. The molecule has 0 saturated heterocycles. The third-order valence-corrected chi connectivity index (χ3v) is 3.68. The first kappa shape index (κ1) is 13.8. The largest absolute Gasteiger partial charge is 0.461 e. The standard InChI is InChI=1S/C16H10ClN3O3/c17-10-3-4-13-12(6-10)16(21)20(9-18-13)8-11-7-15(23-19-11)14-2-1-5-22-14/h1-7,9H,8H2. The molecule has 0 aliphatic carbocycles. The predicted molar refractivity (Wildman–Crippen MR) is 84.3 cm³/mol. The number of rotatable bonds is 3. The Morgan fingerprint density at radius 3 is 2.91 bits per heavy atom. The Morgan fingerprint density at radius 1 is 1.17 bits per heavy atom. The minimum absolute atomic E-state index is 0.181. The van der Waals surface area contributed by atoms with Gasteiger partial charge in [-0.25, -0.2) is 4.98 Å². The van der Waals surface area contributed by atoms with E-state index in [2.05, 4.69) is 10.1 Å². The summed E-state index contributed by atoms with van der Waals surface area (Å²) >= 11 is 5.95. The lowest BCUT2D eigenvalue weighted by Crippen LogP contribution is -2.21. The SMILES string of the molecule is O=c1c2cc(Cl)ccc2ncn1Cc1cc(-c2ccco2)on1. The summed E-state index contributed by atoms with van der Waals surface area (Å²) in [4.78, 5) is 16.8. The number of halogens is 1. The highest BCUT2D eigenvalue weighted by molar-refractivity contribution is 6.31. The summed E-state index contributed by atoms with van der Waals surface area (Å²) in [6, 6.07) is 10.3. The van der Waals surface area contributed by atoms with Gasteiger partial charge in [-0.05, 0) is 30.3 Å². The van der Waals surface area contributed by atoms with E-state index in [4.69, 9.17) is 20.5 Å². The summed E-state index contributed by atoms with van der Waals surface area (Å²) in [5, 5.41) is 4.92. The van der Waals surface area contributed by atoms with Gasteiger partial charge in [0.15, 0.2) is 5.76 Å². The Kier molecular flexibility index (Phi) is 3.24. The van der Waals surface area contributed by atoms with Gasteiger partial charge in [0.05, 0.1) is 30.0 Å². The molecule has 0 atom stereocenters. The van der Waals surface area contributed by atoms with Crippen LogP contribution in [0.4, 0.5) is 0 Å². The van der Waals surface area contributed by atoms with E-state index in [1.807, 2.05) is 0 Å². The maximum absolute atomic E-state index is 12.5. The Morgan fingerprint density at radius 2 is 2.09 bits per heavy atom. The molecule has 0 unspecified atom stereocenters. The van der Waals surface area contributed by atoms with Gasteiger partial charge in [0.25, 0.3) is 5.56 Å². The van der Waals surface area contributed by atoms with Crippen molar-refractivity contribution in [1.29, 1.82) is 0 Å². The topological polar surface area (TPSA) is 74.1 Å². The van der Waals surface area contributed by atoms with Crippen LogP contribution in [0.2, 0.25) is 5.02 Å². The molecular weight excluding hydrogens is 318 g/mol. The lowest BCUT2D eigenvalue weighted by molar-refractivity contribution is 0.408. The van der Waals surface area contributed by atoms with E-state index in [0.29, 0.717) is 33.1 Å². The molecule has 0 aliphatic rings. The van der Waals surface area contributed by atoms with E-state index in [-0.39, 0.29) is 12.1 Å². The first-order chi connectivity index (χ1) is 11.2. The van der Waals surface area contributed by atoms with E-state index in [9.17, 15) is 4.79 Å². The molecule has 4 rings (SSSR count). The zero-order valence-electron chi connectivity index (χ0n) is 11.8. The molecule has 114 valence electrons. The number of fused-ring (bicyclic) bond motifs is 1. The molecule has 23 heavy (non-hydrogen) atoms. The highest BCUT2D eigenvalue weighted by Gasteiger charge is 2.11. The Hall–Kier alpha value is -2.86. The van der Waals surface area contributed by atoms with Gasteiger partial charge in [-0.1, -0.05) is 16.8 Å². The van der Waals surface area contributed by atoms with Crippen molar-refractivity contribution in [2.45, 2.75) is 6.54 Å². The van der Waals surface area contributed by atoms with Gasteiger partial charge < -0.3 is 8.94 Å². The smallest absolute Gasteiger partial charge is 0.261 e. The van der Waals surface area contributed by atoms with Crippen molar-refractivity contribution in [2.24, 2.45) is 0 Å². The number of hydrogen-bond acceptors (Lipinski definition) is 5. The fourth-order valence-corrected chi connectivity index (χ4v) is 2.51. The molecule has 0 amide bonds. The number of hydrogen-bond donors (Lipinski definition) is 0. The van der Waals surface area contributed by atoms with Gasteiger partial charge >= 0.3 is 0 Å². The molecule has 0 aliphatic heterocycles. The molecule has 6 nitrogen and oxygen atoms in total.